The van der Waals surface area contributed by atoms with E-state index in [1.165, 1.54) is 0 Å². The summed E-state index contributed by atoms with van der Waals surface area (Å²) >= 11 is 0. The molecule has 1 rings (SSSR count). The highest BCUT2D eigenvalue weighted by Gasteiger charge is 1.97. The van der Waals surface area contributed by atoms with Crippen molar-refractivity contribution in [1.29, 1.82) is 0 Å². The molecule has 0 atom stereocenters. The molecule has 0 radical (unpaired) electrons. The molecule has 0 aliphatic rings. The molecular weight excluding hydrogens is 162 g/mol. The van der Waals surface area contributed by atoms with Crippen LogP contribution in [0.15, 0.2) is 42.1 Å². The first-order valence-corrected chi connectivity index (χ1v) is 4.04. The van der Waals surface area contributed by atoms with Gasteiger partial charge in [-0.25, -0.2) is 5.01 Å². The molecule has 0 amide bonds. The molecule has 0 bridgehead atoms. The van der Waals surface area contributed by atoms with E-state index in [1.807, 2.05) is 31.2 Å². The topological polar surface area (TPSA) is 41.6 Å². The summed E-state index contributed by atoms with van der Waals surface area (Å²) in [4.78, 5) is 0. The Balaban J connectivity index is 2.91. The van der Waals surface area contributed by atoms with E-state index in [9.17, 15) is 0 Å². The van der Waals surface area contributed by atoms with Gasteiger partial charge in [-0.15, -0.1) is 0 Å². The van der Waals surface area contributed by atoms with Crippen LogP contribution in [-0.2, 0) is 0 Å². The molecule has 3 nitrogen and oxygen atoms in total. The summed E-state index contributed by atoms with van der Waals surface area (Å²) in [6, 6.07) is 7.45. The number of nitrogens with two attached hydrogens (primary N) is 1. The number of hydrogen-bond donors (Lipinski definition) is 1. The Morgan fingerprint density at radius 2 is 2.00 bits per heavy atom. The Morgan fingerprint density at radius 1 is 1.38 bits per heavy atom. The van der Waals surface area contributed by atoms with Gasteiger partial charge in [0.25, 0.3) is 0 Å². The second-order valence-electron chi connectivity index (χ2n) is 2.49. The van der Waals surface area contributed by atoms with Crippen molar-refractivity contribution in [2.75, 3.05) is 10.7 Å². The fourth-order valence-electron chi connectivity index (χ4n) is 0.971. The zero-order chi connectivity index (χ0) is 9.68. The first-order valence-electron chi connectivity index (χ1n) is 4.04. The fourth-order valence-corrected chi connectivity index (χ4v) is 0.971. The molecule has 0 spiro atoms. The van der Waals surface area contributed by atoms with Crippen molar-refractivity contribution in [2.45, 2.75) is 6.92 Å². The summed E-state index contributed by atoms with van der Waals surface area (Å²) in [5, 5.41) is 5.77. The minimum atomic E-state index is 0.744. The number of nitrogens with zero attached hydrogens (tertiary/aromatic N) is 2. The van der Waals surface area contributed by atoms with Gasteiger partial charge in [-0.1, -0.05) is 6.58 Å². The molecule has 0 unspecified atom stereocenters. The van der Waals surface area contributed by atoms with E-state index in [4.69, 9.17) is 5.73 Å². The Bertz CT molecular complexity index is 300. The van der Waals surface area contributed by atoms with E-state index in [0.29, 0.717) is 0 Å². The van der Waals surface area contributed by atoms with Gasteiger partial charge in [-0.2, -0.15) is 5.10 Å². The van der Waals surface area contributed by atoms with Crippen LogP contribution in [0.1, 0.15) is 6.92 Å². The van der Waals surface area contributed by atoms with Gasteiger partial charge in [0.15, 0.2) is 0 Å². The van der Waals surface area contributed by atoms with Crippen LogP contribution in [-0.4, -0.2) is 6.21 Å². The zero-order valence-electron chi connectivity index (χ0n) is 7.64. The minimum Gasteiger partial charge on any atom is -0.399 e. The quantitative estimate of drug-likeness (QED) is 0.435. The Kier molecular flexibility index (Phi) is 3.09. The second kappa shape index (κ2) is 4.30. The van der Waals surface area contributed by atoms with Crippen LogP contribution in [0.4, 0.5) is 11.4 Å². The van der Waals surface area contributed by atoms with Crippen LogP contribution in [0.3, 0.4) is 0 Å². The molecule has 13 heavy (non-hydrogen) atoms. The molecule has 1 aromatic carbocycles. The molecule has 0 saturated carbocycles. The molecule has 0 saturated heterocycles. The van der Waals surface area contributed by atoms with Gasteiger partial charge in [-0.05, 0) is 31.2 Å². The van der Waals surface area contributed by atoms with E-state index in [0.717, 1.165) is 11.4 Å². The molecule has 0 aliphatic heterocycles. The maximum absolute atomic E-state index is 5.56. The Morgan fingerprint density at radius 3 is 2.46 bits per heavy atom. The lowest BCUT2D eigenvalue weighted by atomic mass is 10.3. The van der Waals surface area contributed by atoms with E-state index < -0.39 is 0 Å². The Hall–Kier alpha value is -1.77. The van der Waals surface area contributed by atoms with Gasteiger partial charge in [0.2, 0.25) is 0 Å². The average Bonchev–Trinajstić information content (AvgIpc) is 2.16. The van der Waals surface area contributed by atoms with Gasteiger partial charge in [0, 0.05) is 18.1 Å². The number of rotatable bonds is 3. The van der Waals surface area contributed by atoms with E-state index >= 15 is 0 Å². The summed E-state index contributed by atoms with van der Waals surface area (Å²) in [6.07, 6.45) is 3.35. The Labute approximate surface area is 78.2 Å². The van der Waals surface area contributed by atoms with Crippen molar-refractivity contribution < 1.29 is 0 Å². The number of hydrazone groups is 1. The number of nitrogen functional groups attached to an aromatic ring is 1. The lowest BCUT2D eigenvalue weighted by Crippen LogP contribution is -2.06. The fraction of sp³-hybridized carbons (Fsp3) is 0.100. The minimum absolute atomic E-state index is 0.744. The molecule has 68 valence electrons. The van der Waals surface area contributed by atoms with Crippen molar-refractivity contribution in [3.05, 3.63) is 37.0 Å². The van der Waals surface area contributed by atoms with E-state index in [1.54, 1.807) is 17.4 Å². The third-order valence-electron chi connectivity index (χ3n) is 1.57. The normalized spacial score (nSPS) is 10.2. The summed E-state index contributed by atoms with van der Waals surface area (Å²) in [5.41, 5.74) is 7.25. The first-order chi connectivity index (χ1) is 6.27. The molecule has 0 heterocycles. The maximum Gasteiger partial charge on any atom is 0.0646 e. The third-order valence-corrected chi connectivity index (χ3v) is 1.57. The summed E-state index contributed by atoms with van der Waals surface area (Å²) in [5.74, 6) is 0. The molecule has 0 aliphatic carbocycles. The molecule has 0 aromatic heterocycles. The highest BCUT2D eigenvalue weighted by atomic mass is 15.4. The maximum atomic E-state index is 5.56. The zero-order valence-corrected chi connectivity index (χ0v) is 7.64. The van der Waals surface area contributed by atoms with Crippen molar-refractivity contribution in [1.82, 2.24) is 0 Å². The lowest BCUT2D eigenvalue weighted by molar-refractivity contribution is 1.09. The molecule has 2 N–H and O–H groups in total. The lowest BCUT2D eigenvalue weighted by Gasteiger charge is -2.12. The van der Waals surface area contributed by atoms with Crippen molar-refractivity contribution in [3.63, 3.8) is 0 Å². The van der Waals surface area contributed by atoms with Crippen LogP contribution in [0, 0.1) is 0 Å². The van der Waals surface area contributed by atoms with Crippen LogP contribution in [0.25, 0.3) is 0 Å². The number of benzene rings is 1. The monoisotopic (exact) mass is 175 g/mol. The van der Waals surface area contributed by atoms with Crippen LogP contribution in [0.2, 0.25) is 0 Å². The van der Waals surface area contributed by atoms with Gasteiger partial charge >= 0.3 is 0 Å². The third kappa shape index (κ3) is 2.33. The molecule has 3 heteroatoms. The predicted molar refractivity (Wildman–Crippen MR) is 57.7 cm³/mol. The summed E-state index contributed by atoms with van der Waals surface area (Å²) in [7, 11) is 0. The summed E-state index contributed by atoms with van der Waals surface area (Å²) < 4.78 is 0. The van der Waals surface area contributed by atoms with Gasteiger partial charge < -0.3 is 5.73 Å². The standard InChI is InChI=1S/C10H13N3/c1-3-12-13(4-2)10-7-5-9(11)6-8-10/h3-8H,2,11H2,1H3/b12-3-. The number of hydrogen-bond acceptors (Lipinski definition) is 3. The van der Waals surface area contributed by atoms with Crippen molar-refractivity contribution in [3.8, 4) is 0 Å². The highest BCUT2D eigenvalue weighted by Crippen LogP contribution is 2.16. The van der Waals surface area contributed by atoms with Crippen molar-refractivity contribution >= 4 is 17.6 Å². The summed E-state index contributed by atoms with van der Waals surface area (Å²) in [6.45, 7) is 5.51. The number of anilines is 2. The van der Waals surface area contributed by atoms with Crippen molar-refractivity contribution in [2.24, 2.45) is 5.10 Å². The second-order valence-corrected chi connectivity index (χ2v) is 2.49. The molecule has 0 fully saturated rings. The highest BCUT2D eigenvalue weighted by molar-refractivity contribution is 5.60. The SMILES string of the molecule is C=CN(/N=C\C)c1ccc(N)cc1. The van der Waals surface area contributed by atoms with Crippen LogP contribution in [0.5, 0.6) is 0 Å². The first kappa shape index (κ1) is 9.32. The van der Waals surface area contributed by atoms with E-state index in [2.05, 4.69) is 11.7 Å². The van der Waals surface area contributed by atoms with Gasteiger partial charge in [-0.3, -0.25) is 0 Å². The predicted octanol–water partition coefficient (Wildman–Crippen LogP) is 2.22. The largest absolute Gasteiger partial charge is 0.399 e. The van der Waals surface area contributed by atoms with Crippen LogP contribution < -0.4 is 10.7 Å². The average molecular weight is 175 g/mol. The van der Waals surface area contributed by atoms with Gasteiger partial charge in [0.05, 0.1) is 5.69 Å². The van der Waals surface area contributed by atoms with Crippen LogP contribution >= 0.6 is 0 Å². The molecule has 1 aromatic rings. The van der Waals surface area contributed by atoms with E-state index in [-0.39, 0.29) is 0 Å². The van der Waals surface area contributed by atoms with Gasteiger partial charge in [0.1, 0.15) is 0 Å². The molecular formula is C10H13N3. The smallest absolute Gasteiger partial charge is 0.0646 e.